The average Bonchev–Trinajstić information content (AvgIpc) is 3.96. The summed E-state index contributed by atoms with van der Waals surface area (Å²) in [5, 5.41) is 4.06. The number of fused-ring (bicyclic) bond motifs is 11. The molecule has 0 saturated heterocycles. The van der Waals surface area contributed by atoms with Crippen LogP contribution in [0, 0.1) is 0 Å². The minimum absolute atomic E-state index is 0.0225. The first-order valence-electron chi connectivity index (χ1n) is 25.7. The molecule has 2 nitrogen and oxygen atoms in total. The summed E-state index contributed by atoms with van der Waals surface area (Å²) in [6.45, 7) is 17.0. The van der Waals surface area contributed by atoms with Crippen molar-refractivity contribution in [1.29, 1.82) is 0 Å². The van der Waals surface area contributed by atoms with Crippen LogP contribution in [0.4, 0.5) is 34.1 Å². The first kappa shape index (κ1) is 43.2. The minimum Gasteiger partial charge on any atom is -0.311 e. The van der Waals surface area contributed by atoms with E-state index in [9.17, 15) is 0 Å². The van der Waals surface area contributed by atoms with Gasteiger partial charge in [-0.25, -0.2) is 0 Å². The van der Waals surface area contributed by atoms with Gasteiger partial charge < -0.3 is 9.80 Å². The topological polar surface area (TPSA) is 6.48 Å². The molecular weight excluding hydrogens is 896 g/mol. The van der Waals surface area contributed by atoms with E-state index in [4.69, 9.17) is 0 Å². The summed E-state index contributed by atoms with van der Waals surface area (Å²) < 4.78 is 4.05. The molecule has 2 aliphatic heterocycles. The van der Waals surface area contributed by atoms with Crippen molar-refractivity contribution in [3.63, 3.8) is 0 Å². The number of anilines is 6. The highest BCUT2D eigenvalue weighted by atomic mass is 32.1. The molecule has 0 spiro atoms. The number of benzene rings is 8. The lowest BCUT2D eigenvalue weighted by molar-refractivity contribution is 0.332. The molecule has 0 unspecified atom stereocenters. The summed E-state index contributed by atoms with van der Waals surface area (Å²) in [6.07, 6.45) is 7.00. The summed E-state index contributed by atoms with van der Waals surface area (Å²) in [5.41, 5.74) is 22.6. The summed E-state index contributed by atoms with van der Waals surface area (Å²) in [6, 6.07) is 63.4. The van der Waals surface area contributed by atoms with E-state index in [0.29, 0.717) is 0 Å². The van der Waals surface area contributed by atoms with Crippen LogP contribution in [0.3, 0.4) is 0 Å². The fourth-order valence-electron chi connectivity index (χ4n) is 12.9. The predicted molar refractivity (Wildman–Crippen MR) is 310 cm³/mol. The van der Waals surface area contributed by atoms with Crippen molar-refractivity contribution in [1.82, 2.24) is 0 Å². The van der Waals surface area contributed by atoms with E-state index >= 15 is 0 Å². The zero-order valence-electron chi connectivity index (χ0n) is 41.8. The van der Waals surface area contributed by atoms with E-state index in [0.717, 1.165) is 12.8 Å². The number of allylic oxidation sites excluding steroid dienone is 1. The van der Waals surface area contributed by atoms with Crippen LogP contribution in [-0.2, 0) is 22.7 Å². The van der Waals surface area contributed by atoms with Crippen molar-refractivity contribution in [3.8, 4) is 11.1 Å². The number of aryl methyl sites for hydroxylation is 1. The van der Waals surface area contributed by atoms with Crippen molar-refractivity contribution in [2.24, 2.45) is 0 Å². The second kappa shape index (κ2) is 15.4. The zero-order chi connectivity index (χ0) is 48.1. The molecule has 0 atom stereocenters. The van der Waals surface area contributed by atoms with Gasteiger partial charge in [0.05, 0.1) is 0 Å². The molecule has 4 aliphatic rings. The normalized spacial score (nSPS) is 16.4. The van der Waals surface area contributed by atoms with Gasteiger partial charge in [0, 0.05) is 74.8 Å². The van der Waals surface area contributed by atoms with Crippen LogP contribution in [0.5, 0.6) is 0 Å². The van der Waals surface area contributed by atoms with Crippen molar-refractivity contribution < 1.29 is 0 Å². The lowest BCUT2D eigenvalue weighted by Crippen LogP contribution is -2.61. The van der Waals surface area contributed by atoms with E-state index in [1.807, 2.05) is 22.7 Å². The lowest BCUT2D eigenvalue weighted by Gasteiger charge is -2.47. The Bertz CT molecular complexity index is 3880. The number of rotatable bonds is 4. The molecule has 71 heavy (non-hydrogen) atoms. The molecule has 10 aromatic rings. The molecule has 2 aliphatic carbocycles. The van der Waals surface area contributed by atoms with Crippen molar-refractivity contribution in [2.45, 2.75) is 90.4 Å². The van der Waals surface area contributed by atoms with Gasteiger partial charge in [-0.1, -0.05) is 152 Å². The van der Waals surface area contributed by atoms with Gasteiger partial charge in [0.2, 0.25) is 0 Å². The maximum absolute atomic E-state index is 2.66. The first-order valence-corrected chi connectivity index (χ1v) is 27.3. The zero-order valence-corrected chi connectivity index (χ0v) is 43.4. The third-order valence-corrected chi connectivity index (χ3v) is 19.1. The van der Waals surface area contributed by atoms with E-state index in [-0.39, 0.29) is 23.0 Å². The Morgan fingerprint density at radius 1 is 0.521 bits per heavy atom. The maximum atomic E-state index is 2.66. The molecule has 2 aromatic heterocycles. The smallest absolute Gasteiger partial charge is 0.252 e. The average molecular weight is 953 g/mol. The molecule has 0 amide bonds. The van der Waals surface area contributed by atoms with Crippen molar-refractivity contribution >= 4 is 116 Å². The van der Waals surface area contributed by atoms with Crippen molar-refractivity contribution in [2.75, 3.05) is 9.80 Å². The summed E-state index contributed by atoms with van der Waals surface area (Å²) in [5.74, 6) is 0. The Morgan fingerprint density at radius 3 is 1.80 bits per heavy atom. The van der Waals surface area contributed by atoms with Gasteiger partial charge in [0.1, 0.15) is 0 Å². The van der Waals surface area contributed by atoms with Crippen LogP contribution in [0.15, 0.2) is 170 Å². The summed E-state index contributed by atoms with van der Waals surface area (Å²) in [7, 11) is 0. The number of hydrogen-bond acceptors (Lipinski definition) is 4. The Morgan fingerprint density at radius 2 is 1.11 bits per heavy atom. The number of nitrogens with zero attached hydrogens (tertiary/aromatic N) is 2. The monoisotopic (exact) mass is 952 g/mol. The SMILES string of the molecule is CC(C)(C)c1ccc2c(c1)N(c1ccc(C3=CCCc4sc5ccccc5c43)cc1)c1cccc3c1B2c1cc2c(cc1N3c1ccc(-c3cccc4sc5ccccc5c34)cc1)C(C)(C)CCC2(C)C. The van der Waals surface area contributed by atoms with Crippen LogP contribution in [-0.4, -0.2) is 6.71 Å². The molecule has 0 saturated carbocycles. The summed E-state index contributed by atoms with van der Waals surface area (Å²) in [4.78, 5) is 6.71. The fourth-order valence-corrected chi connectivity index (χ4v) is 15.3. The standard InChI is InChI=1S/C66H57BN2S2/c1-64(2,3)42-29-34-51-55(37-42)68(43-30-25-40(26-31-43)45-17-12-23-59-61(45)47-15-8-10-21-57(47)70-59)53-19-14-20-54-63(53)67(51)52-38-49-50(66(6,7)36-35-65(49,4)5)39-56(52)69(54)44-32-27-41(28-33-44)46-18-13-24-60-62(46)48-16-9-11-22-58(48)71-60/h8-11,13-22,24-34,37-39H,12,23,35-36H2,1-7H3. The first-order chi connectivity index (χ1) is 34.3. The Kier molecular flexibility index (Phi) is 9.38. The minimum atomic E-state index is -0.0225. The van der Waals surface area contributed by atoms with Crippen LogP contribution in [0.25, 0.3) is 47.0 Å². The van der Waals surface area contributed by atoms with Gasteiger partial charge in [-0.15, -0.1) is 22.7 Å². The van der Waals surface area contributed by atoms with Gasteiger partial charge in [-0.05, 0) is 164 Å². The molecule has 0 radical (unpaired) electrons. The summed E-state index contributed by atoms with van der Waals surface area (Å²) >= 11 is 3.86. The molecule has 0 N–H and O–H groups in total. The molecule has 0 fully saturated rings. The van der Waals surface area contributed by atoms with Gasteiger partial charge in [-0.2, -0.15) is 0 Å². The van der Waals surface area contributed by atoms with E-state index < -0.39 is 0 Å². The molecule has 8 aromatic carbocycles. The molecule has 5 heteroatoms. The molecule has 346 valence electrons. The second-order valence-electron chi connectivity index (χ2n) is 23.0. The van der Waals surface area contributed by atoms with Crippen LogP contribution in [0.2, 0.25) is 0 Å². The van der Waals surface area contributed by atoms with E-state index in [1.54, 1.807) is 0 Å². The van der Waals surface area contributed by atoms with Gasteiger partial charge in [-0.3, -0.25) is 0 Å². The van der Waals surface area contributed by atoms with Crippen LogP contribution in [0.1, 0.15) is 100 Å². The lowest BCUT2D eigenvalue weighted by atomic mass is 9.33. The van der Waals surface area contributed by atoms with Gasteiger partial charge >= 0.3 is 0 Å². The third-order valence-electron chi connectivity index (χ3n) is 16.8. The number of hydrogen-bond donors (Lipinski definition) is 0. The Balaban J connectivity index is 0.970. The van der Waals surface area contributed by atoms with Crippen LogP contribution >= 0.6 is 22.7 Å². The molecule has 14 rings (SSSR count). The van der Waals surface area contributed by atoms with Crippen molar-refractivity contribution in [3.05, 3.63) is 203 Å². The van der Waals surface area contributed by atoms with E-state index in [2.05, 4.69) is 228 Å². The largest absolute Gasteiger partial charge is 0.311 e. The number of thiophene rings is 2. The molecule has 4 heterocycles. The molecular formula is C66H57BN2S2. The van der Waals surface area contributed by atoms with Crippen LogP contribution < -0.4 is 26.2 Å². The second-order valence-corrected chi connectivity index (χ2v) is 25.2. The predicted octanol–water partition coefficient (Wildman–Crippen LogP) is 17.0. The maximum Gasteiger partial charge on any atom is 0.252 e. The Labute approximate surface area is 427 Å². The highest BCUT2D eigenvalue weighted by Crippen LogP contribution is 2.51. The highest BCUT2D eigenvalue weighted by Gasteiger charge is 2.46. The Hall–Kier alpha value is -6.66. The fraction of sp³-hybridized carbons (Fsp3) is 0.212. The molecule has 0 bridgehead atoms. The highest BCUT2D eigenvalue weighted by molar-refractivity contribution is 7.26. The van der Waals surface area contributed by atoms with Gasteiger partial charge in [0.15, 0.2) is 0 Å². The van der Waals surface area contributed by atoms with Gasteiger partial charge in [0.25, 0.3) is 6.71 Å². The van der Waals surface area contributed by atoms with E-state index in [1.165, 1.54) is 143 Å². The quantitative estimate of drug-likeness (QED) is 0.162. The third kappa shape index (κ3) is 6.51.